The molecule has 1 heterocycles. The summed E-state index contributed by atoms with van der Waals surface area (Å²) >= 11 is 0. The molecule has 0 aliphatic carbocycles. The number of hydrazine groups is 1. The molecule has 0 aromatic heterocycles. The Balaban J connectivity index is 2.42. The van der Waals surface area contributed by atoms with Crippen LogP contribution in [0.3, 0.4) is 0 Å². The molecule has 3 N–H and O–H groups in total. The van der Waals surface area contributed by atoms with Crippen molar-refractivity contribution < 1.29 is 14.4 Å². The molecule has 0 atom stereocenters. The van der Waals surface area contributed by atoms with Gasteiger partial charge in [0.1, 0.15) is 5.92 Å². The van der Waals surface area contributed by atoms with Crippen molar-refractivity contribution in [2.45, 2.75) is 6.42 Å². The summed E-state index contributed by atoms with van der Waals surface area (Å²) in [6, 6.07) is 0. The van der Waals surface area contributed by atoms with Gasteiger partial charge in [-0.1, -0.05) is 6.08 Å². The summed E-state index contributed by atoms with van der Waals surface area (Å²) in [5, 5.41) is 2.48. The zero-order valence-electron chi connectivity index (χ0n) is 7.50. The van der Waals surface area contributed by atoms with E-state index >= 15 is 0 Å². The van der Waals surface area contributed by atoms with E-state index in [2.05, 4.69) is 22.7 Å². The van der Waals surface area contributed by atoms with Crippen LogP contribution in [0.15, 0.2) is 12.7 Å². The van der Waals surface area contributed by atoms with Crippen LogP contribution in [0.4, 0.5) is 0 Å². The first-order valence-electron chi connectivity index (χ1n) is 4.12. The van der Waals surface area contributed by atoms with Crippen LogP contribution in [0.5, 0.6) is 0 Å². The lowest BCUT2D eigenvalue weighted by Crippen LogP contribution is -2.30. The second-order valence-electron chi connectivity index (χ2n) is 2.83. The topological polar surface area (TPSA) is 87.3 Å². The molecule has 76 valence electrons. The Morgan fingerprint density at radius 2 is 2.00 bits per heavy atom. The van der Waals surface area contributed by atoms with E-state index in [1.54, 1.807) is 0 Å². The average Bonchev–Trinajstić information content (AvgIpc) is 2.46. The standard InChI is InChI=1S/C8H11N3O3/c1-2-3-9-6(12)4-5-7(13)10-11-8(5)14/h2,5H,1,3-4H2,(H,9,12)(H,10,13)(H,11,14). The minimum Gasteiger partial charge on any atom is -0.353 e. The van der Waals surface area contributed by atoms with Gasteiger partial charge >= 0.3 is 0 Å². The van der Waals surface area contributed by atoms with E-state index in [4.69, 9.17) is 0 Å². The Morgan fingerprint density at radius 1 is 1.43 bits per heavy atom. The Kier molecular flexibility index (Phi) is 3.22. The van der Waals surface area contributed by atoms with Crippen molar-refractivity contribution in [3.8, 4) is 0 Å². The smallest absolute Gasteiger partial charge is 0.251 e. The van der Waals surface area contributed by atoms with Crippen LogP contribution in [0.2, 0.25) is 0 Å². The molecule has 0 aromatic rings. The first kappa shape index (κ1) is 10.2. The average molecular weight is 197 g/mol. The van der Waals surface area contributed by atoms with Gasteiger partial charge < -0.3 is 5.32 Å². The molecule has 0 saturated carbocycles. The molecule has 0 spiro atoms. The van der Waals surface area contributed by atoms with Gasteiger partial charge in [0, 0.05) is 13.0 Å². The Labute approximate surface area is 80.7 Å². The maximum atomic E-state index is 11.1. The van der Waals surface area contributed by atoms with Crippen LogP contribution >= 0.6 is 0 Å². The molecule has 0 unspecified atom stereocenters. The van der Waals surface area contributed by atoms with Crippen molar-refractivity contribution in [1.29, 1.82) is 0 Å². The second-order valence-corrected chi connectivity index (χ2v) is 2.83. The first-order valence-corrected chi connectivity index (χ1v) is 4.12. The summed E-state index contributed by atoms with van der Waals surface area (Å²) in [6.45, 7) is 3.75. The van der Waals surface area contributed by atoms with Gasteiger partial charge in [-0.2, -0.15) is 0 Å². The third-order valence-corrected chi connectivity index (χ3v) is 1.77. The Hall–Kier alpha value is -1.85. The van der Waals surface area contributed by atoms with Crippen molar-refractivity contribution >= 4 is 17.7 Å². The SMILES string of the molecule is C=CCNC(=O)CC1C(=O)NNC1=O. The zero-order chi connectivity index (χ0) is 10.6. The molecular weight excluding hydrogens is 186 g/mol. The number of amides is 3. The predicted molar refractivity (Wildman–Crippen MR) is 47.6 cm³/mol. The van der Waals surface area contributed by atoms with E-state index < -0.39 is 17.7 Å². The molecule has 0 bridgehead atoms. The lowest BCUT2D eigenvalue weighted by Gasteiger charge is -2.03. The fourth-order valence-corrected chi connectivity index (χ4v) is 1.05. The monoisotopic (exact) mass is 197 g/mol. The maximum absolute atomic E-state index is 11.1. The van der Waals surface area contributed by atoms with E-state index in [1.807, 2.05) is 0 Å². The van der Waals surface area contributed by atoms with Gasteiger partial charge in [0.05, 0.1) is 0 Å². The highest BCUT2D eigenvalue weighted by Gasteiger charge is 2.34. The Bertz CT molecular complexity index is 272. The molecule has 1 aliphatic rings. The highest BCUT2D eigenvalue weighted by Crippen LogP contribution is 2.06. The van der Waals surface area contributed by atoms with Crippen LogP contribution in [-0.2, 0) is 14.4 Å². The largest absolute Gasteiger partial charge is 0.353 e. The number of hydrogen-bond acceptors (Lipinski definition) is 3. The van der Waals surface area contributed by atoms with Crippen LogP contribution < -0.4 is 16.2 Å². The van der Waals surface area contributed by atoms with Gasteiger partial charge in [0.25, 0.3) is 11.8 Å². The summed E-state index contributed by atoms with van der Waals surface area (Å²) in [4.78, 5) is 33.1. The number of nitrogens with one attached hydrogen (secondary N) is 3. The van der Waals surface area contributed by atoms with Gasteiger partial charge in [-0.15, -0.1) is 6.58 Å². The van der Waals surface area contributed by atoms with E-state index in [9.17, 15) is 14.4 Å². The first-order chi connectivity index (χ1) is 6.65. The highest BCUT2D eigenvalue weighted by atomic mass is 16.2. The van der Waals surface area contributed by atoms with Crippen molar-refractivity contribution in [3.63, 3.8) is 0 Å². The van der Waals surface area contributed by atoms with Gasteiger partial charge in [0.2, 0.25) is 5.91 Å². The van der Waals surface area contributed by atoms with Gasteiger partial charge in [0.15, 0.2) is 0 Å². The van der Waals surface area contributed by atoms with E-state index in [0.717, 1.165) is 0 Å². The number of carbonyl (C=O) groups is 3. The summed E-state index contributed by atoms with van der Waals surface area (Å²) in [5.74, 6) is -2.20. The summed E-state index contributed by atoms with van der Waals surface area (Å²) in [7, 11) is 0. The van der Waals surface area contributed by atoms with E-state index in [0.29, 0.717) is 6.54 Å². The lowest BCUT2D eigenvalue weighted by molar-refractivity contribution is -0.133. The van der Waals surface area contributed by atoms with Crippen LogP contribution in [-0.4, -0.2) is 24.3 Å². The van der Waals surface area contributed by atoms with Crippen molar-refractivity contribution in [2.24, 2.45) is 5.92 Å². The summed E-state index contributed by atoms with van der Waals surface area (Å²) in [6.07, 6.45) is 1.39. The number of hydrogen-bond donors (Lipinski definition) is 3. The summed E-state index contributed by atoms with van der Waals surface area (Å²) < 4.78 is 0. The summed E-state index contributed by atoms with van der Waals surface area (Å²) in [5.41, 5.74) is 4.28. The lowest BCUT2D eigenvalue weighted by atomic mass is 10.1. The normalized spacial score (nSPS) is 16.0. The van der Waals surface area contributed by atoms with Crippen molar-refractivity contribution in [1.82, 2.24) is 16.2 Å². The molecule has 1 fully saturated rings. The molecule has 6 nitrogen and oxygen atoms in total. The van der Waals surface area contributed by atoms with Gasteiger partial charge in [-0.05, 0) is 0 Å². The molecular formula is C8H11N3O3. The molecule has 6 heteroatoms. The number of rotatable bonds is 4. The fraction of sp³-hybridized carbons (Fsp3) is 0.375. The van der Waals surface area contributed by atoms with Crippen LogP contribution in [0, 0.1) is 5.92 Å². The molecule has 0 radical (unpaired) electrons. The second kappa shape index (κ2) is 4.40. The van der Waals surface area contributed by atoms with Crippen LogP contribution in [0.25, 0.3) is 0 Å². The quantitative estimate of drug-likeness (QED) is 0.377. The van der Waals surface area contributed by atoms with Crippen LogP contribution in [0.1, 0.15) is 6.42 Å². The number of carbonyl (C=O) groups excluding carboxylic acids is 3. The molecule has 1 rings (SSSR count). The van der Waals surface area contributed by atoms with Crippen molar-refractivity contribution in [3.05, 3.63) is 12.7 Å². The van der Waals surface area contributed by atoms with Gasteiger partial charge in [-0.25, -0.2) is 0 Å². The fourth-order valence-electron chi connectivity index (χ4n) is 1.05. The van der Waals surface area contributed by atoms with E-state index in [-0.39, 0.29) is 12.3 Å². The third-order valence-electron chi connectivity index (χ3n) is 1.77. The molecule has 0 aromatic carbocycles. The maximum Gasteiger partial charge on any atom is 0.251 e. The zero-order valence-corrected chi connectivity index (χ0v) is 7.50. The molecule has 14 heavy (non-hydrogen) atoms. The van der Waals surface area contributed by atoms with Crippen molar-refractivity contribution in [2.75, 3.05) is 6.54 Å². The molecule has 3 amide bonds. The molecule has 1 aliphatic heterocycles. The minimum atomic E-state index is -0.917. The molecule has 1 saturated heterocycles. The Morgan fingerprint density at radius 3 is 2.50 bits per heavy atom. The third kappa shape index (κ3) is 2.32. The minimum absolute atomic E-state index is 0.133. The highest BCUT2D eigenvalue weighted by molar-refractivity contribution is 6.07. The van der Waals surface area contributed by atoms with Gasteiger partial charge in [-0.3, -0.25) is 25.2 Å². The van der Waals surface area contributed by atoms with E-state index in [1.165, 1.54) is 6.08 Å². The predicted octanol–water partition coefficient (Wildman–Crippen LogP) is -1.54.